The van der Waals surface area contributed by atoms with Crippen LogP contribution in [0.25, 0.3) is 0 Å². The van der Waals surface area contributed by atoms with E-state index in [-0.39, 0.29) is 0 Å². The first-order chi connectivity index (χ1) is 10.2. The normalized spacial score (nSPS) is 26.0. The van der Waals surface area contributed by atoms with E-state index < -0.39 is 0 Å². The van der Waals surface area contributed by atoms with Crippen molar-refractivity contribution in [2.24, 2.45) is 5.92 Å². The number of nitrogens with one attached hydrogen (secondary N) is 1. The molecule has 118 valence electrons. The van der Waals surface area contributed by atoms with Crippen molar-refractivity contribution in [2.45, 2.75) is 44.3 Å². The molecule has 3 rings (SSSR count). The first kappa shape index (κ1) is 16.2. The van der Waals surface area contributed by atoms with Gasteiger partial charge in [0.15, 0.2) is 0 Å². The fourth-order valence-corrected chi connectivity index (χ4v) is 7.22. The Morgan fingerprint density at radius 3 is 3.00 bits per heavy atom. The van der Waals surface area contributed by atoms with E-state index >= 15 is 0 Å². The van der Waals surface area contributed by atoms with Gasteiger partial charge in [0.05, 0.1) is 10.9 Å². The molecule has 0 amide bonds. The van der Waals surface area contributed by atoms with Crippen LogP contribution in [0.1, 0.15) is 53.4 Å². The highest BCUT2D eigenvalue weighted by Crippen LogP contribution is 2.42. The molecule has 0 radical (unpaired) electrons. The Hall–Kier alpha value is 0.290. The lowest BCUT2D eigenvalue weighted by Gasteiger charge is -2.22. The summed E-state index contributed by atoms with van der Waals surface area (Å²) < 4.78 is 0. The van der Waals surface area contributed by atoms with E-state index in [4.69, 9.17) is 4.98 Å². The van der Waals surface area contributed by atoms with Gasteiger partial charge in [0.2, 0.25) is 0 Å². The molecule has 5 heteroatoms. The zero-order valence-electron chi connectivity index (χ0n) is 13.1. The third kappa shape index (κ3) is 4.18. The monoisotopic (exact) mass is 342 g/mol. The topological polar surface area (TPSA) is 24.9 Å². The number of rotatable bonds is 5. The number of nitrogens with zero attached hydrogens (tertiary/aromatic N) is 1. The highest BCUT2D eigenvalue weighted by molar-refractivity contribution is 8.06. The van der Waals surface area contributed by atoms with Crippen molar-refractivity contribution in [1.29, 1.82) is 0 Å². The number of fused-ring (bicyclic) bond motifs is 1. The van der Waals surface area contributed by atoms with Crippen molar-refractivity contribution in [3.05, 3.63) is 15.6 Å². The van der Waals surface area contributed by atoms with Crippen molar-refractivity contribution in [1.82, 2.24) is 10.3 Å². The minimum absolute atomic E-state index is 0.652. The lowest BCUT2D eigenvalue weighted by Crippen LogP contribution is -2.27. The van der Waals surface area contributed by atoms with Crippen LogP contribution in [0.15, 0.2) is 0 Å². The lowest BCUT2D eigenvalue weighted by atomic mass is 9.91. The molecule has 0 saturated carbocycles. The van der Waals surface area contributed by atoms with Crippen molar-refractivity contribution in [3.63, 3.8) is 0 Å². The van der Waals surface area contributed by atoms with E-state index in [2.05, 4.69) is 42.7 Å². The van der Waals surface area contributed by atoms with Crippen LogP contribution in [0.4, 0.5) is 0 Å². The van der Waals surface area contributed by atoms with Gasteiger partial charge in [-0.1, -0.05) is 13.8 Å². The van der Waals surface area contributed by atoms with Gasteiger partial charge < -0.3 is 5.32 Å². The second-order valence-corrected chi connectivity index (χ2v) is 10.0. The first-order valence-corrected chi connectivity index (χ1v) is 11.2. The molecule has 21 heavy (non-hydrogen) atoms. The number of aromatic nitrogens is 1. The molecule has 1 aromatic heterocycles. The SMILES string of the molecule is CC(C)CNCC1CCCc2sc(C3CSCCS3)nc21. The Morgan fingerprint density at radius 1 is 1.33 bits per heavy atom. The minimum Gasteiger partial charge on any atom is -0.316 e. The largest absolute Gasteiger partial charge is 0.316 e. The van der Waals surface area contributed by atoms with Crippen molar-refractivity contribution in [2.75, 3.05) is 30.3 Å². The van der Waals surface area contributed by atoms with Gasteiger partial charge in [-0.25, -0.2) is 4.98 Å². The fourth-order valence-electron chi connectivity index (χ4n) is 3.04. The summed E-state index contributed by atoms with van der Waals surface area (Å²) in [5.74, 6) is 5.24. The van der Waals surface area contributed by atoms with Crippen LogP contribution in [0, 0.1) is 5.92 Å². The van der Waals surface area contributed by atoms with Crippen LogP contribution < -0.4 is 5.32 Å². The Labute approximate surface area is 141 Å². The number of hydrogen-bond donors (Lipinski definition) is 1. The minimum atomic E-state index is 0.652. The van der Waals surface area contributed by atoms with Gasteiger partial charge in [0.1, 0.15) is 5.01 Å². The van der Waals surface area contributed by atoms with E-state index in [1.807, 2.05) is 11.3 Å². The van der Waals surface area contributed by atoms with Crippen LogP contribution in [-0.2, 0) is 6.42 Å². The van der Waals surface area contributed by atoms with Crippen LogP contribution in [0.5, 0.6) is 0 Å². The van der Waals surface area contributed by atoms with E-state index in [1.165, 1.54) is 47.2 Å². The summed E-state index contributed by atoms with van der Waals surface area (Å²) in [6, 6.07) is 0. The van der Waals surface area contributed by atoms with Gasteiger partial charge in [-0.2, -0.15) is 11.8 Å². The highest BCUT2D eigenvalue weighted by atomic mass is 32.2. The van der Waals surface area contributed by atoms with E-state index in [1.54, 1.807) is 4.88 Å². The third-order valence-electron chi connectivity index (χ3n) is 4.12. The molecule has 2 unspecified atom stereocenters. The molecule has 1 fully saturated rings. The zero-order valence-corrected chi connectivity index (χ0v) is 15.5. The zero-order chi connectivity index (χ0) is 14.7. The maximum atomic E-state index is 5.10. The summed E-state index contributed by atoms with van der Waals surface area (Å²) in [6.45, 7) is 6.79. The van der Waals surface area contributed by atoms with Gasteiger partial charge in [0, 0.05) is 34.6 Å². The molecule has 2 nitrogen and oxygen atoms in total. The Balaban J connectivity index is 1.67. The lowest BCUT2D eigenvalue weighted by molar-refractivity contribution is 0.472. The van der Waals surface area contributed by atoms with Gasteiger partial charge in [0.25, 0.3) is 0 Å². The molecule has 2 aliphatic rings. The molecule has 1 saturated heterocycles. The van der Waals surface area contributed by atoms with E-state index in [9.17, 15) is 0 Å². The first-order valence-electron chi connectivity index (χ1n) is 8.13. The summed E-state index contributed by atoms with van der Waals surface area (Å²) in [4.78, 5) is 6.68. The molecule has 2 atom stereocenters. The number of thioether (sulfide) groups is 2. The second-order valence-electron chi connectivity index (χ2n) is 6.44. The molecule has 0 spiro atoms. The van der Waals surface area contributed by atoms with Crippen molar-refractivity contribution >= 4 is 34.9 Å². The molecule has 1 aliphatic carbocycles. The molecular formula is C16H26N2S3. The Bertz CT molecular complexity index is 452. The highest BCUT2D eigenvalue weighted by Gasteiger charge is 2.28. The van der Waals surface area contributed by atoms with Gasteiger partial charge in [-0.3, -0.25) is 0 Å². The molecular weight excluding hydrogens is 316 g/mol. The maximum absolute atomic E-state index is 5.10. The Kier molecular flexibility index (Phi) is 5.93. The summed E-state index contributed by atoms with van der Waals surface area (Å²) in [5, 5.41) is 5.71. The molecule has 0 aromatic carbocycles. The van der Waals surface area contributed by atoms with Crippen LogP contribution in [0.3, 0.4) is 0 Å². The van der Waals surface area contributed by atoms with Gasteiger partial charge in [-0.05, 0) is 31.7 Å². The molecule has 1 N–H and O–H groups in total. The van der Waals surface area contributed by atoms with Crippen LogP contribution in [-0.4, -0.2) is 35.3 Å². The third-order valence-corrected chi connectivity index (χ3v) is 8.28. The fraction of sp³-hybridized carbons (Fsp3) is 0.812. The molecule has 1 aromatic rings. The second kappa shape index (κ2) is 7.71. The summed E-state index contributed by atoms with van der Waals surface area (Å²) in [7, 11) is 0. The summed E-state index contributed by atoms with van der Waals surface area (Å²) >= 11 is 6.22. The molecule has 0 bridgehead atoms. The number of thiazole rings is 1. The summed E-state index contributed by atoms with van der Waals surface area (Å²) in [5.41, 5.74) is 1.44. The Morgan fingerprint density at radius 2 is 2.24 bits per heavy atom. The van der Waals surface area contributed by atoms with Crippen LogP contribution in [0.2, 0.25) is 0 Å². The standard InChI is InChI=1S/C16H26N2S3/c1-11(2)8-17-9-12-4-3-5-13-15(12)18-16(21-13)14-10-19-6-7-20-14/h11-12,14,17H,3-10H2,1-2H3. The van der Waals surface area contributed by atoms with E-state index in [0.717, 1.165) is 19.0 Å². The average Bonchev–Trinajstić information content (AvgIpc) is 2.93. The van der Waals surface area contributed by atoms with Crippen molar-refractivity contribution < 1.29 is 0 Å². The summed E-state index contributed by atoms with van der Waals surface area (Å²) in [6.07, 6.45) is 3.92. The van der Waals surface area contributed by atoms with Crippen molar-refractivity contribution in [3.8, 4) is 0 Å². The van der Waals surface area contributed by atoms with Gasteiger partial charge >= 0.3 is 0 Å². The predicted molar refractivity (Wildman–Crippen MR) is 98.0 cm³/mol. The van der Waals surface area contributed by atoms with Crippen LogP contribution >= 0.6 is 34.9 Å². The van der Waals surface area contributed by atoms with E-state index in [0.29, 0.717) is 11.2 Å². The predicted octanol–water partition coefficient (Wildman–Crippen LogP) is 4.33. The molecule has 1 aliphatic heterocycles. The molecule has 2 heterocycles. The average molecular weight is 343 g/mol. The smallest absolute Gasteiger partial charge is 0.107 e. The number of aryl methyl sites for hydroxylation is 1. The van der Waals surface area contributed by atoms with Gasteiger partial charge in [-0.15, -0.1) is 23.1 Å². The maximum Gasteiger partial charge on any atom is 0.107 e. The number of hydrogen-bond acceptors (Lipinski definition) is 5. The quantitative estimate of drug-likeness (QED) is 0.861.